The summed E-state index contributed by atoms with van der Waals surface area (Å²) in [5.41, 5.74) is 0.383. The number of hydrogen-bond donors (Lipinski definition) is 1. The average Bonchev–Trinajstić information content (AvgIpc) is 2.66. The third-order valence-electron chi connectivity index (χ3n) is 3.28. The van der Waals surface area contributed by atoms with Gasteiger partial charge in [-0.1, -0.05) is 0 Å². The molecular formula is C14H23N3O2S. The van der Waals surface area contributed by atoms with Crippen LogP contribution in [0.2, 0.25) is 0 Å². The number of carbonyl (C=O) groups excluding carboxylic acids is 1. The Morgan fingerprint density at radius 2 is 2.15 bits per heavy atom. The number of thiol groups is 1. The predicted octanol–water partition coefficient (Wildman–Crippen LogP) is 3.17. The van der Waals surface area contributed by atoms with Crippen molar-refractivity contribution in [3.05, 3.63) is 11.9 Å². The molecule has 0 aliphatic carbocycles. The van der Waals surface area contributed by atoms with Gasteiger partial charge in [-0.25, -0.2) is 4.79 Å². The van der Waals surface area contributed by atoms with Gasteiger partial charge in [-0.3, -0.25) is 9.58 Å². The molecule has 0 N–H and O–H groups in total. The van der Waals surface area contributed by atoms with E-state index in [0.29, 0.717) is 6.54 Å². The summed E-state index contributed by atoms with van der Waals surface area (Å²) in [6.45, 7) is 6.36. The van der Waals surface area contributed by atoms with Crippen LogP contribution in [0.4, 0.5) is 4.79 Å². The molecule has 1 fully saturated rings. The standard InChI is InChI=1S/C14H23N3O2S/c1-14(2,3)19-13(18)17-8-6-5-7-10(17)12-11(20)9-16(4)15-12/h9-10,20H,5-8H2,1-4H3. The van der Waals surface area contributed by atoms with E-state index in [4.69, 9.17) is 4.74 Å². The molecule has 20 heavy (non-hydrogen) atoms. The molecule has 0 saturated carbocycles. The molecule has 1 aliphatic rings. The van der Waals surface area contributed by atoms with Crippen molar-refractivity contribution in [1.82, 2.24) is 14.7 Å². The summed E-state index contributed by atoms with van der Waals surface area (Å²) in [7, 11) is 1.86. The normalized spacial score (nSPS) is 20.1. The van der Waals surface area contributed by atoms with E-state index < -0.39 is 5.60 Å². The van der Waals surface area contributed by atoms with Gasteiger partial charge in [-0.2, -0.15) is 5.10 Å². The lowest BCUT2D eigenvalue weighted by molar-refractivity contribution is 0.00865. The van der Waals surface area contributed by atoms with Crippen LogP contribution in [0.5, 0.6) is 0 Å². The number of ether oxygens (including phenoxy) is 1. The highest BCUT2D eigenvalue weighted by Gasteiger charge is 2.33. The third kappa shape index (κ3) is 3.48. The molecular weight excluding hydrogens is 274 g/mol. The number of aryl methyl sites for hydroxylation is 1. The first kappa shape index (κ1) is 15.2. The highest BCUT2D eigenvalue weighted by Crippen LogP contribution is 2.34. The summed E-state index contributed by atoms with van der Waals surface area (Å²) in [6.07, 6.45) is 4.60. The molecule has 0 bridgehead atoms. The van der Waals surface area contributed by atoms with Crippen molar-refractivity contribution >= 4 is 18.7 Å². The van der Waals surface area contributed by atoms with E-state index >= 15 is 0 Å². The lowest BCUT2D eigenvalue weighted by atomic mass is 10.00. The van der Waals surface area contributed by atoms with Gasteiger partial charge in [0.25, 0.3) is 0 Å². The van der Waals surface area contributed by atoms with E-state index in [2.05, 4.69) is 17.7 Å². The van der Waals surface area contributed by atoms with Crippen LogP contribution in [0.15, 0.2) is 11.1 Å². The lowest BCUT2D eigenvalue weighted by Gasteiger charge is -2.36. The van der Waals surface area contributed by atoms with Gasteiger partial charge in [-0.15, -0.1) is 12.6 Å². The fourth-order valence-electron chi connectivity index (χ4n) is 2.49. The fourth-order valence-corrected chi connectivity index (χ4v) is 2.85. The van der Waals surface area contributed by atoms with Crippen molar-refractivity contribution < 1.29 is 9.53 Å². The molecule has 0 aromatic carbocycles. The number of rotatable bonds is 1. The summed E-state index contributed by atoms with van der Waals surface area (Å²) in [4.78, 5) is 15.0. The molecule has 2 heterocycles. The summed E-state index contributed by atoms with van der Waals surface area (Å²) in [5, 5.41) is 4.45. The quantitative estimate of drug-likeness (QED) is 0.810. The van der Waals surface area contributed by atoms with Crippen molar-refractivity contribution in [3.8, 4) is 0 Å². The monoisotopic (exact) mass is 297 g/mol. The van der Waals surface area contributed by atoms with E-state index in [1.807, 2.05) is 34.0 Å². The van der Waals surface area contributed by atoms with Crippen LogP contribution >= 0.6 is 12.6 Å². The Kier molecular flexibility index (Phi) is 4.32. The molecule has 6 heteroatoms. The van der Waals surface area contributed by atoms with Crippen LogP contribution in [0.3, 0.4) is 0 Å². The van der Waals surface area contributed by atoms with Gasteiger partial charge in [0, 0.05) is 24.7 Å². The Hall–Kier alpha value is -1.17. The third-order valence-corrected chi connectivity index (χ3v) is 3.63. The Labute approximate surface area is 125 Å². The predicted molar refractivity (Wildman–Crippen MR) is 80.0 cm³/mol. The smallest absolute Gasteiger partial charge is 0.410 e. The maximum absolute atomic E-state index is 12.4. The second kappa shape index (κ2) is 5.68. The fraction of sp³-hybridized carbons (Fsp3) is 0.714. The zero-order valence-corrected chi connectivity index (χ0v) is 13.5. The van der Waals surface area contributed by atoms with Crippen LogP contribution in [0.1, 0.15) is 51.8 Å². The number of carbonyl (C=O) groups is 1. The SMILES string of the molecule is Cn1cc(S)c(C2CCCCN2C(=O)OC(C)(C)C)n1. The van der Waals surface area contributed by atoms with Crippen LogP contribution in [-0.4, -0.2) is 32.9 Å². The van der Waals surface area contributed by atoms with Crippen molar-refractivity contribution in [1.29, 1.82) is 0 Å². The number of likely N-dealkylation sites (tertiary alicyclic amines) is 1. The number of aromatic nitrogens is 2. The van der Waals surface area contributed by atoms with Crippen LogP contribution in [-0.2, 0) is 11.8 Å². The minimum Gasteiger partial charge on any atom is -0.444 e. The molecule has 5 nitrogen and oxygen atoms in total. The van der Waals surface area contributed by atoms with Gasteiger partial charge < -0.3 is 4.74 Å². The lowest BCUT2D eigenvalue weighted by Crippen LogP contribution is -2.42. The van der Waals surface area contributed by atoms with Crippen LogP contribution < -0.4 is 0 Å². The first-order chi connectivity index (χ1) is 9.28. The van der Waals surface area contributed by atoms with Crippen molar-refractivity contribution in [3.63, 3.8) is 0 Å². The van der Waals surface area contributed by atoms with E-state index in [9.17, 15) is 4.79 Å². The van der Waals surface area contributed by atoms with Crippen LogP contribution in [0, 0.1) is 0 Å². The first-order valence-electron chi connectivity index (χ1n) is 7.00. The molecule has 0 radical (unpaired) electrons. The first-order valence-corrected chi connectivity index (χ1v) is 7.45. The minimum absolute atomic E-state index is 0.0349. The van der Waals surface area contributed by atoms with Gasteiger partial charge in [-0.05, 0) is 40.0 Å². The highest BCUT2D eigenvalue weighted by atomic mass is 32.1. The highest BCUT2D eigenvalue weighted by molar-refractivity contribution is 7.80. The second-order valence-corrected chi connectivity index (χ2v) is 6.74. The zero-order valence-electron chi connectivity index (χ0n) is 12.6. The van der Waals surface area contributed by atoms with Gasteiger partial charge in [0.15, 0.2) is 0 Å². The molecule has 112 valence electrons. The summed E-state index contributed by atoms with van der Waals surface area (Å²) in [6, 6.07) is -0.0349. The summed E-state index contributed by atoms with van der Waals surface area (Å²) >= 11 is 4.46. The molecule has 1 saturated heterocycles. The van der Waals surface area contributed by atoms with E-state index in [0.717, 1.165) is 29.9 Å². The summed E-state index contributed by atoms with van der Waals surface area (Å²) < 4.78 is 7.24. The molecule has 1 aromatic rings. The molecule has 1 amide bonds. The molecule has 1 atom stereocenters. The minimum atomic E-state index is -0.479. The van der Waals surface area contributed by atoms with E-state index in [1.165, 1.54) is 0 Å². The Balaban J connectivity index is 2.21. The van der Waals surface area contributed by atoms with Crippen molar-refractivity contribution in [2.45, 2.75) is 56.6 Å². The molecule has 1 aromatic heterocycles. The van der Waals surface area contributed by atoms with Gasteiger partial charge in [0.05, 0.1) is 11.7 Å². The maximum atomic E-state index is 12.4. The van der Waals surface area contributed by atoms with Gasteiger partial charge in [0.1, 0.15) is 5.60 Å². The number of hydrogen-bond acceptors (Lipinski definition) is 4. The Morgan fingerprint density at radius 1 is 1.45 bits per heavy atom. The van der Waals surface area contributed by atoms with Gasteiger partial charge in [0.2, 0.25) is 0 Å². The molecule has 1 unspecified atom stereocenters. The number of piperidine rings is 1. The number of amides is 1. The topological polar surface area (TPSA) is 47.4 Å². The molecule has 0 spiro atoms. The van der Waals surface area contributed by atoms with Gasteiger partial charge >= 0.3 is 6.09 Å². The molecule has 2 rings (SSSR count). The van der Waals surface area contributed by atoms with E-state index in [1.54, 1.807) is 9.58 Å². The summed E-state index contributed by atoms with van der Waals surface area (Å²) in [5.74, 6) is 0. The van der Waals surface area contributed by atoms with Crippen LogP contribution in [0.25, 0.3) is 0 Å². The Bertz CT molecular complexity index is 493. The van der Waals surface area contributed by atoms with Crippen molar-refractivity contribution in [2.24, 2.45) is 7.05 Å². The van der Waals surface area contributed by atoms with E-state index in [-0.39, 0.29) is 12.1 Å². The van der Waals surface area contributed by atoms with Crippen molar-refractivity contribution in [2.75, 3.05) is 6.54 Å². The largest absolute Gasteiger partial charge is 0.444 e. The average molecular weight is 297 g/mol. The second-order valence-electron chi connectivity index (χ2n) is 6.26. The molecule has 1 aliphatic heterocycles. The maximum Gasteiger partial charge on any atom is 0.410 e. The zero-order chi connectivity index (χ0) is 14.9. The number of nitrogens with zero attached hydrogens (tertiary/aromatic N) is 3. The Morgan fingerprint density at radius 3 is 2.70 bits per heavy atom.